The molecule has 0 radical (unpaired) electrons. The van der Waals surface area contributed by atoms with Gasteiger partial charge < -0.3 is 9.47 Å². The van der Waals surface area contributed by atoms with Crippen LogP contribution in [0.3, 0.4) is 0 Å². The van der Waals surface area contributed by atoms with E-state index in [-0.39, 0.29) is 6.10 Å². The van der Waals surface area contributed by atoms with Gasteiger partial charge in [-0.1, -0.05) is 26.2 Å². The van der Waals surface area contributed by atoms with Gasteiger partial charge >= 0.3 is 6.16 Å². The summed E-state index contributed by atoms with van der Waals surface area (Å²) >= 11 is 0. The number of hydrogen-bond donors (Lipinski definition) is 0. The number of carbonyl (C=O) groups is 1. The zero-order valence-electron chi connectivity index (χ0n) is 9.54. The predicted octanol–water partition coefficient (Wildman–Crippen LogP) is 3.52. The summed E-state index contributed by atoms with van der Waals surface area (Å²) in [5.74, 6) is 0. The van der Waals surface area contributed by atoms with Crippen LogP contribution in [0.2, 0.25) is 0 Å². The minimum Gasteiger partial charge on any atom is -0.435 e. The maximum atomic E-state index is 10.9. The van der Waals surface area contributed by atoms with Crippen LogP contribution in [0.4, 0.5) is 4.79 Å². The second-order valence-corrected chi connectivity index (χ2v) is 3.46. The first-order valence-electron chi connectivity index (χ1n) is 5.54. The molecule has 0 heterocycles. The van der Waals surface area contributed by atoms with Crippen molar-refractivity contribution in [3.63, 3.8) is 0 Å². The molecule has 0 aromatic rings. The number of ether oxygens (including phenoxy) is 2. The lowest BCUT2D eigenvalue weighted by Crippen LogP contribution is -2.15. The molecule has 0 unspecified atom stereocenters. The average molecular weight is 202 g/mol. The minimum absolute atomic E-state index is 0.0223. The largest absolute Gasteiger partial charge is 0.508 e. The van der Waals surface area contributed by atoms with Gasteiger partial charge in [0.2, 0.25) is 0 Å². The highest BCUT2D eigenvalue weighted by molar-refractivity contribution is 5.59. The van der Waals surface area contributed by atoms with Gasteiger partial charge in [-0.2, -0.15) is 0 Å². The topological polar surface area (TPSA) is 35.5 Å². The molecule has 1 atom stereocenters. The third kappa shape index (κ3) is 7.90. The average Bonchev–Trinajstić information content (AvgIpc) is 2.13. The fourth-order valence-corrected chi connectivity index (χ4v) is 1.23. The van der Waals surface area contributed by atoms with Gasteiger partial charge in [0.1, 0.15) is 6.10 Å². The summed E-state index contributed by atoms with van der Waals surface area (Å²) in [4.78, 5) is 10.9. The summed E-state index contributed by atoms with van der Waals surface area (Å²) in [5.41, 5.74) is 0. The smallest absolute Gasteiger partial charge is 0.435 e. The number of hydrogen-bond acceptors (Lipinski definition) is 3. The van der Waals surface area contributed by atoms with Crippen molar-refractivity contribution in [3.8, 4) is 0 Å². The summed E-state index contributed by atoms with van der Waals surface area (Å²) < 4.78 is 9.69. The lowest BCUT2D eigenvalue weighted by Gasteiger charge is -2.12. The molecule has 0 spiro atoms. The van der Waals surface area contributed by atoms with Gasteiger partial charge in [0.25, 0.3) is 0 Å². The molecule has 3 heteroatoms. The Labute approximate surface area is 86.8 Å². The van der Waals surface area contributed by atoms with Gasteiger partial charge in [0, 0.05) is 0 Å². The number of rotatable bonds is 7. The van der Waals surface area contributed by atoms with E-state index in [1.165, 1.54) is 19.3 Å². The summed E-state index contributed by atoms with van der Waals surface area (Å²) in [7, 11) is 0. The molecule has 0 rings (SSSR count). The van der Waals surface area contributed by atoms with Crippen LogP contribution in [0.1, 0.15) is 52.9 Å². The zero-order chi connectivity index (χ0) is 10.8. The molecular formula is C11H22O3. The van der Waals surface area contributed by atoms with E-state index in [4.69, 9.17) is 4.74 Å². The Morgan fingerprint density at radius 3 is 2.50 bits per heavy atom. The molecule has 0 amide bonds. The van der Waals surface area contributed by atoms with Crippen molar-refractivity contribution >= 4 is 6.16 Å². The van der Waals surface area contributed by atoms with Crippen LogP contribution >= 0.6 is 0 Å². The highest BCUT2D eigenvalue weighted by atomic mass is 16.7. The molecule has 0 bridgehead atoms. The normalized spacial score (nSPS) is 12.2. The van der Waals surface area contributed by atoms with Crippen molar-refractivity contribution in [3.05, 3.63) is 0 Å². The van der Waals surface area contributed by atoms with Crippen molar-refractivity contribution in [2.45, 2.75) is 59.0 Å². The van der Waals surface area contributed by atoms with Crippen molar-refractivity contribution in [2.24, 2.45) is 0 Å². The Morgan fingerprint density at radius 1 is 1.21 bits per heavy atom. The lowest BCUT2D eigenvalue weighted by atomic mass is 10.1. The van der Waals surface area contributed by atoms with E-state index < -0.39 is 6.16 Å². The monoisotopic (exact) mass is 202 g/mol. The molecule has 0 N–H and O–H groups in total. The van der Waals surface area contributed by atoms with Crippen LogP contribution in [-0.4, -0.2) is 18.9 Å². The first-order chi connectivity index (χ1) is 6.70. The molecule has 3 nitrogen and oxygen atoms in total. The highest BCUT2D eigenvalue weighted by Gasteiger charge is 2.08. The number of carbonyl (C=O) groups excluding carboxylic acids is 1. The van der Waals surface area contributed by atoms with Gasteiger partial charge in [0.15, 0.2) is 0 Å². The molecule has 84 valence electrons. The molecule has 0 fully saturated rings. The maximum Gasteiger partial charge on any atom is 0.508 e. The van der Waals surface area contributed by atoms with E-state index in [0.717, 1.165) is 12.8 Å². The second-order valence-electron chi connectivity index (χ2n) is 3.46. The lowest BCUT2D eigenvalue weighted by molar-refractivity contribution is 0.0289. The first-order valence-corrected chi connectivity index (χ1v) is 5.54. The summed E-state index contributed by atoms with van der Waals surface area (Å²) in [6.45, 7) is 6.23. The minimum atomic E-state index is -0.546. The Morgan fingerprint density at radius 2 is 1.93 bits per heavy atom. The van der Waals surface area contributed by atoms with Crippen LogP contribution in [0.15, 0.2) is 0 Å². The molecule has 0 aliphatic carbocycles. The van der Waals surface area contributed by atoms with E-state index in [1.54, 1.807) is 6.92 Å². The molecule has 0 saturated heterocycles. The second kappa shape index (κ2) is 8.85. The summed E-state index contributed by atoms with van der Waals surface area (Å²) in [6, 6.07) is 0. The van der Waals surface area contributed by atoms with E-state index in [1.807, 2.05) is 6.92 Å². The van der Waals surface area contributed by atoms with E-state index >= 15 is 0 Å². The summed E-state index contributed by atoms with van der Waals surface area (Å²) in [6.07, 6.45) is 5.18. The van der Waals surface area contributed by atoms with Gasteiger partial charge in [0.05, 0.1) is 6.61 Å². The number of unbranched alkanes of at least 4 members (excludes halogenated alkanes) is 3. The fourth-order valence-electron chi connectivity index (χ4n) is 1.23. The zero-order valence-corrected chi connectivity index (χ0v) is 9.54. The van der Waals surface area contributed by atoms with Crippen LogP contribution in [0, 0.1) is 0 Å². The maximum absolute atomic E-state index is 10.9. The molecule has 0 saturated carbocycles. The first kappa shape index (κ1) is 13.3. The van der Waals surface area contributed by atoms with Gasteiger partial charge in [-0.25, -0.2) is 4.79 Å². The Hall–Kier alpha value is -0.730. The molecule has 14 heavy (non-hydrogen) atoms. The van der Waals surface area contributed by atoms with Crippen LogP contribution in [-0.2, 0) is 9.47 Å². The Kier molecular flexibility index (Phi) is 8.39. The van der Waals surface area contributed by atoms with E-state index in [2.05, 4.69) is 11.7 Å². The van der Waals surface area contributed by atoms with Gasteiger partial charge in [-0.15, -0.1) is 0 Å². The standard InChI is InChI=1S/C11H22O3/c1-4-6-7-8-9-10(3)14-11(12)13-5-2/h10H,4-9H2,1-3H3/t10-/m0/s1. The molecule has 0 aliphatic heterocycles. The fraction of sp³-hybridized carbons (Fsp3) is 0.909. The van der Waals surface area contributed by atoms with Crippen LogP contribution in [0.5, 0.6) is 0 Å². The SMILES string of the molecule is CCCCCC[C@H](C)OC(=O)OCC. The van der Waals surface area contributed by atoms with Crippen molar-refractivity contribution in [1.82, 2.24) is 0 Å². The predicted molar refractivity (Wildman–Crippen MR) is 56.3 cm³/mol. The van der Waals surface area contributed by atoms with Gasteiger partial charge in [-0.05, 0) is 26.7 Å². The van der Waals surface area contributed by atoms with Crippen LogP contribution in [0.25, 0.3) is 0 Å². The molecular weight excluding hydrogens is 180 g/mol. The summed E-state index contributed by atoms with van der Waals surface area (Å²) in [5, 5.41) is 0. The Balaban J connectivity index is 3.35. The quantitative estimate of drug-likeness (QED) is 0.468. The molecule has 0 aromatic carbocycles. The van der Waals surface area contributed by atoms with Crippen LogP contribution < -0.4 is 0 Å². The molecule has 0 aliphatic rings. The third-order valence-corrected chi connectivity index (χ3v) is 2.02. The Bertz CT molecular complexity index is 145. The van der Waals surface area contributed by atoms with Crippen molar-refractivity contribution in [1.29, 1.82) is 0 Å². The highest BCUT2D eigenvalue weighted by Crippen LogP contribution is 2.08. The molecule has 0 aromatic heterocycles. The van der Waals surface area contributed by atoms with Gasteiger partial charge in [-0.3, -0.25) is 0 Å². The third-order valence-electron chi connectivity index (χ3n) is 2.02. The van der Waals surface area contributed by atoms with Crippen molar-refractivity contribution < 1.29 is 14.3 Å². The van der Waals surface area contributed by atoms with E-state index in [0.29, 0.717) is 6.61 Å². The van der Waals surface area contributed by atoms with E-state index in [9.17, 15) is 4.79 Å². The van der Waals surface area contributed by atoms with Crippen molar-refractivity contribution in [2.75, 3.05) is 6.61 Å².